The first-order chi connectivity index (χ1) is 10.1. The maximum Gasteiger partial charge on any atom is 0.141 e. The average molecular weight is 303 g/mol. The molecule has 0 aliphatic carbocycles. The van der Waals surface area contributed by atoms with Gasteiger partial charge < -0.3 is 16.3 Å². The molecule has 21 heavy (non-hydrogen) atoms. The van der Waals surface area contributed by atoms with Gasteiger partial charge in [0.15, 0.2) is 0 Å². The molecular weight excluding hydrogens is 282 g/mol. The normalized spacial score (nSPS) is 13.3. The second-order valence-corrected chi connectivity index (χ2v) is 6.43. The molecular formula is C16H21N3OS. The maximum atomic E-state index is 8.79. The number of benzene rings is 1. The largest absolute Gasteiger partial charge is 0.409 e. The van der Waals surface area contributed by atoms with Crippen molar-refractivity contribution in [1.82, 2.24) is 5.32 Å². The predicted molar refractivity (Wildman–Crippen MR) is 87.8 cm³/mol. The van der Waals surface area contributed by atoms with Crippen molar-refractivity contribution >= 4 is 17.2 Å². The Morgan fingerprint density at radius 1 is 1.33 bits per heavy atom. The van der Waals surface area contributed by atoms with Crippen molar-refractivity contribution in [3.05, 3.63) is 57.3 Å². The fraction of sp³-hybridized carbons (Fsp3) is 0.312. The lowest BCUT2D eigenvalue weighted by atomic mass is 10.0. The summed E-state index contributed by atoms with van der Waals surface area (Å²) >= 11 is 1.80. The molecule has 0 amide bonds. The number of aryl methyl sites for hydroxylation is 2. The Hall–Kier alpha value is -1.85. The van der Waals surface area contributed by atoms with Crippen LogP contribution < -0.4 is 11.1 Å². The molecule has 5 heteroatoms. The third-order valence-electron chi connectivity index (χ3n) is 3.48. The predicted octanol–water partition coefficient (Wildman–Crippen LogP) is 3.33. The minimum absolute atomic E-state index is 0.0322. The van der Waals surface area contributed by atoms with E-state index in [2.05, 4.69) is 30.4 Å². The second kappa shape index (κ2) is 7.24. The molecule has 4 nitrogen and oxygen atoms in total. The summed E-state index contributed by atoms with van der Waals surface area (Å²) in [7, 11) is 0. The topological polar surface area (TPSA) is 70.6 Å². The highest BCUT2D eigenvalue weighted by atomic mass is 32.1. The van der Waals surface area contributed by atoms with Gasteiger partial charge in [-0.25, -0.2) is 0 Å². The molecule has 4 N–H and O–H groups in total. The summed E-state index contributed by atoms with van der Waals surface area (Å²) in [6.45, 7) is 5.03. The van der Waals surface area contributed by atoms with Crippen LogP contribution in [0.1, 0.15) is 33.3 Å². The van der Waals surface area contributed by atoms with E-state index in [0.717, 1.165) is 12.1 Å². The summed E-state index contributed by atoms with van der Waals surface area (Å²) in [6, 6.07) is 12.3. The quantitative estimate of drug-likeness (QED) is 0.332. The highest BCUT2D eigenvalue weighted by molar-refractivity contribution is 7.12. The zero-order valence-electron chi connectivity index (χ0n) is 12.3. The van der Waals surface area contributed by atoms with Crippen LogP contribution in [-0.2, 0) is 6.54 Å². The molecule has 1 aromatic carbocycles. The molecule has 0 spiro atoms. The van der Waals surface area contributed by atoms with Gasteiger partial charge in [0.1, 0.15) is 5.84 Å². The van der Waals surface area contributed by atoms with Crippen molar-refractivity contribution in [2.45, 2.75) is 32.9 Å². The first-order valence-electron chi connectivity index (χ1n) is 6.90. The minimum Gasteiger partial charge on any atom is -0.409 e. The molecule has 0 radical (unpaired) electrons. The van der Waals surface area contributed by atoms with Crippen LogP contribution in [0.3, 0.4) is 0 Å². The summed E-state index contributed by atoms with van der Waals surface area (Å²) in [5, 5.41) is 15.4. The molecule has 1 heterocycles. The molecule has 2 rings (SSSR count). The van der Waals surface area contributed by atoms with Crippen LogP contribution in [0.15, 0.2) is 41.6 Å². The zero-order chi connectivity index (χ0) is 15.2. The van der Waals surface area contributed by atoms with E-state index in [1.807, 2.05) is 30.3 Å². The standard InChI is InChI=1S/C16H21N3OS/c1-11-8-14(21-12(11)2)10-18-15(9-16(17)19-20)13-6-4-3-5-7-13/h3-8,15,18,20H,9-10H2,1-2H3,(H2,17,19). The fourth-order valence-electron chi connectivity index (χ4n) is 2.20. The van der Waals surface area contributed by atoms with Crippen molar-refractivity contribution in [1.29, 1.82) is 0 Å². The Balaban J connectivity index is 2.09. The second-order valence-electron chi connectivity index (χ2n) is 5.09. The lowest BCUT2D eigenvalue weighted by Crippen LogP contribution is -2.26. The summed E-state index contributed by atoms with van der Waals surface area (Å²) in [5.41, 5.74) is 8.13. The third-order valence-corrected chi connectivity index (χ3v) is 4.64. The van der Waals surface area contributed by atoms with Crippen LogP contribution in [-0.4, -0.2) is 11.0 Å². The van der Waals surface area contributed by atoms with Crippen LogP contribution in [0.2, 0.25) is 0 Å². The number of nitrogens with zero attached hydrogens (tertiary/aromatic N) is 1. The van der Waals surface area contributed by atoms with Gasteiger partial charge in [-0.1, -0.05) is 35.5 Å². The van der Waals surface area contributed by atoms with E-state index in [1.54, 1.807) is 11.3 Å². The first-order valence-corrected chi connectivity index (χ1v) is 7.72. The number of thiophene rings is 1. The van der Waals surface area contributed by atoms with Crippen molar-refractivity contribution < 1.29 is 5.21 Å². The summed E-state index contributed by atoms with van der Waals surface area (Å²) in [6.07, 6.45) is 0.476. The molecule has 0 aliphatic rings. The number of oxime groups is 1. The first kappa shape index (κ1) is 15.5. The van der Waals surface area contributed by atoms with E-state index < -0.39 is 0 Å². The highest BCUT2D eigenvalue weighted by Crippen LogP contribution is 2.22. The van der Waals surface area contributed by atoms with Gasteiger partial charge >= 0.3 is 0 Å². The van der Waals surface area contributed by atoms with E-state index in [9.17, 15) is 0 Å². The van der Waals surface area contributed by atoms with Crippen LogP contribution in [0.5, 0.6) is 0 Å². The van der Waals surface area contributed by atoms with Crippen molar-refractivity contribution in [2.75, 3.05) is 0 Å². The summed E-state index contributed by atoms with van der Waals surface area (Å²) in [5.74, 6) is 0.231. The molecule has 1 unspecified atom stereocenters. The Kier molecular flexibility index (Phi) is 5.36. The van der Waals surface area contributed by atoms with Gasteiger partial charge in [-0.05, 0) is 31.0 Å². The van der Waals surface area contributed by atoms with Crippen molar-refractivity contribution in [3.63, 3.8) is 0 Å². The molecule has 1 atom stereocenters. The lowest BCUT2D eigenvalue weighted by Gasteiger charge is -2.18. The third kappa shape index (κ3) is 4.31. The molecule has 2 aromatic rings. The summed E-state index contributed by atoms with van der Waals surface area (Å²) < 4.78 is 0. The van der Waals surface area contributed by atoms with E-state index in [4.69, 9.17) is 10.9 Å². The van der Waals surface area contributed by atoms with E-state index in [-0.39, 0.29) is 11.9 Å². The van der Waals surface area contributed by atoms with E-state index in [1.165, 1.54) is 15.3 Å². The molecule has 112 valence electrons. The van der Waals surface area contributed by atoms with E-state index >= 15 is 0 Å². The van der Waals surface area contributed by atoms with Gasteiger partial charge in [0.25, 0.3) is 0 Å². The average Bonchev–Trinajstić information content (AvgIpc) is 2.82. The Labute approximate surface area is 129 Å². The molecule has 0 saturated carbocycles. The molecule has 0 saturated heterocycles. The van der Waals surface area contributed by atoms with Crippen molar-refractivity contribution in [2.24, 2.45) is 10.9 Å². The highest BCUT2D eigenvalue weighted by Gasteiger charge is 2.13. The Morgan fingerprint density at radius 2 is 2.05 bits per heavy atom. The van der Waals surface area contributed by atoms with Gasteiger partial charge in [0, 0.05) is 28.8 Å². The lowest BCUT2D eigenvalue weighted by molar-refractivity contribution is 0.315. The number of rotatable bonds is 6. The smallest absolute Gasteiger partial charge is 0.141 e. The molecule has 0 bridgehead atoms. The molecule has 0 fully saturated rings. The van der Waals surface area contributed by atoms with Gasteiger partial charge in [-0.3, -0.25) is 0 Å². The van der Waals surface area contributed by atoms with Gasteiger partial charge in [0.2, 0.25) is 0 Å². The molecule has 1 aromatic heterocycles. The molecule has 0 aliphatic heterocycles. The maximum absolute atomic E-state index is 8.79. The number of hydrogen-bond donors (Lipinski definition) is 3. The number of hydrogen-bond acceptors (Lipinski definition) is 4. The fourth-order valence-corrected chi connectivity index (χ4v) is 3.21. The van der Waals surface area contributed by atoms with Gasteiger partial charge in [0.05, 0.1) is 0 Å². The monoisotopic (exact) mass is 303 g/mol. The Morgan fingerprint density at radius 3 is 2.62 bits per heavy atom. The number of amidine groups is 1. The SMILES string of the molecule is Cc1cc(CNC(CC(N)=NO)c2ccccc2)sc1C. The van der Waals surface area contributed by atoms with Gasteiger partial charge in [-0.15, -0.1) is 11.3 Å². The number of nitrogens with two attached hydrogens (primary N) is 1. The Bertz CT molecular complexity index is 588. The van der Waals surface area contributed by atoms with E-state index in [0.29, 0.717) is 6.42 Å². The van der Waals surface area contributed by atoms with Crippen LogP contribution in [0.4, 0.5) is 0 Å². The van der Waals surface area contributed by atoms with Crippen LogP contribution >= 0.6 is 11.3 Å². The zero-order valence-corrected chi connectivity index (χ0v) is 13.2. The minimum atomic E-state index is 0.0322. The number of nitrogens with one attached hydrogen (secondary N) is 1. The van der Waals surface area contributed by atoms with Crippen molar-refractivity contribution in [3.8, 4) is 0 Å². The van der Waals surface area contributed by atoms with Crippen LogP contribution in [0.25, 0.3) is 0 Å². The van der Waals surface area contributed by atoms with Crippen LogP contribution in [0, 0.1) is 13.8 Å². The van der Waals surface area contributed by atoms with Gasteiger partial charge in [-0.2, -0.15) is 0 Å². The summed E-state index contributed by atoms with van der Waals surface area (Å²) in [4.78, 5) is 2.64.